The highest BCUT2D eigenvalue weighted by Crippen LogP contribution is 2.38. The molecule has 6 heteroatoms. The number of Topliss-reactive ketones (excluding diaryl/α,β-unsaturated/α-hetero) is 1. The van der Waals surface area contributed by atoms with Gasteiger partial charge in [-0.3, -0.25) is 9.59 Å². The SMILES string of the molecule is N#CCN1C(=O)C(=O)C(=C(O)c2ccccc2)C1c1ccc[nH+]c1. The zero-order chi connectivity index (χ0) is 17.1. The lowest BCUT2D eigenvalue weighted by Crippen LogP contribution is -2.30. The lowest BCUT2D eigenvalue weighted by Gasteiger charge is -2.21. The van der Waals surface area contributed by atoms with E-state index in [1.165, 1.54) is 4.90 Å². The molecule has 1 amide bonds. The number of aromatic amines is 1. The maximum absolute atomic E-state index is 12.5. The Morgan fingerprint density at radius 1 is 1.21 bits per heavy atom. The van der Waals surface area contributed by atoms with Gasteiger partial charge in [0.15, 0.2) is 12.4 Å². The summed E-state index contributed by atoms with van der Waals surface area (Å²) in [6.07, 6.45) is 3.33. The maximum Gasteiger partial charge on any atom is 0.296 e. The summed E-state index contributed by atoms with van der Waals surface area (Å²) in [5, 5.41) is 19.6. The third-order valence-corrected chi connectivity index (χ3v) is 3.88. The first-order valence-electron chi connectivity index (χ1n) is 7.32. The number of H-pyrrole nitrogens is 1. The lowest BCUT2D eigenvalue weighted by molar-refractivity contribution is -0.378. The standard InChI is InChI=1S/C18H13N3O3/c19-8-10-21-15(13-7-4-9-20-11-13)14(17(23)18(21)24)16(22)12-5-2-1-3-6-12/h1-7,9,11,15,22H,10H2/p+1. The van der Waals surface area contributed by atoms with Gasteiger partial charge in [-0.05, 0) is 6.07 Å². The Hall–Kier alpha value is -3.46. The Morgan fingerprint density at radius 2 is 1.96 bits per heavy atom. The van der Waals surface area contributed by atoms with Crippen LogP contribution in [0.2, 0.25) is 0 Å². The van der Waals surface area contributed by atoms with Crippen LogP contribution < -0.4 is 4.98 Å². The van der Waals surface area contributed by atoms with E-state index in [1.807, 2.05) is 6.07 Å². The van der Waals surface area contributed by atoms with E-state index in [2.05, 4.69) is 4.98 Å². The Morgan fingerprint density at radius 3 is 2.58 bits per heavy atom. The van der Waals surface area contributed by atoms with Crippen molar-refractivity contribution < 1.29 is 19.7 Å². The Balaban J connectivity index is 2.20. The third kappa shape index (κ3) is 2.52. The molecule has 24 heavy (non-hydrogen) atoms. The molecule has 0 aliphatic carbocycles. The van der Waals surface area contributed by atoms with Crippen LogP contribution in [-0.2, 0) is 9.59 Å². The van der Waals surface area contributed by atoms with Crippen LogP contribution in [0.4, 0.5) is 0 Å². The van der Waals surface area contributed by atoms with Crippen molar-refractivity contribution >= 4 is 17.4 Å². The van der Waals surface area contributed by atoms with Gasteiger partial charge in [-0.2, -0.15) is 5.26 Å². The summed E-state index contributed by atoms with van der Waals surface area (Å²) in [7, 11) is 0. The predicted molar refractivity (Wildman–Crippen MR) is 84.1 cm³/mol. The summed E-state index contributed by atoms with van der Waals surface area (Å²) in [5.74, 6) is -1.83. The van der Waals surface area contributed by atoms with Gasteiger partial charge in [0.25, 0.3) is 11.7 Å². The summed E-state index contributed by atoms with van der Waals surface area (Å²) in [6, 6.07) is 13.1. The number of aromatic nitrogens is 1. The summed E-state index contributed by atoms with van der Waals surface area (Å²) in [4.78, 5) is 28.8. The number of rotatable bonds is 3. The number of benzene rings is 1. The molecule has 1 aromatic heterocycles. The van der Waals surface area contributed by atoms with Gasteiger partial charge in [0.05, 0.1) is 17.7 Å². The van der Waals surface area contributed by atoms with E-state index in [9.17, 15) is 14.7 Å². The molecule has 0 spiro atoms. The Kier molecular flexibility index (Phi) is 4.08. The van der Waals surface area contributed by atoms with E-state index in [0.717, 1.165) is 0 Å². The first-order chi connectivity index (χ1) is 11.6. The highest BCUT2D eigenvalue weighted by Gasteiger charge is 2.46. The van der Waals surface area contributed by atoms with E-state index in [-0.39, 0.29) is 17.9 Å². The van der Waals surface area contributed by atoms with Crippen LogP contribution >= 0.6 is 0 Å². The quantitative estimate of drug-likeness (QED) is 0.401. The molecule has 1 aromatic carbocycles. The minimum atomic E-state index is -0.803. The van der Waals surface area contributed by atoms with Crippen LogP contribution in [0.1, 0.15) is 17.2 Å². The van der Waals surface area contributed by atoms with Crippen molar-refractivity contribution in [1.29, 1.82) is 5.26 Å². The summed E-state index contributed by atoms with van der Waals surface area (Å²) in [6.45, 7) is -0.240. The number of amides is 1. The second kappa shape index (κ2) is 6.34. The van der Waals surface area contributed by atoms with Crippen LogP contribution in [0.15, 0.2) is 60.4 Å². The number of likely N-dealkylation sites (tertiary alicyclic amines) is 1. The third-order valence-electron chi connectivity index (χ3n) is 3.88. The van der Waals surface area contributed by atoms with Crippen molar-refractivity contribution in [1.82, 2.24) is 4.90 Å². The van der Waals surface area contributed by atoms with Crippen molar-refractivity contribution in [3.8, 4) is 6.07 Å². The second-order valence-electron chi connectivity index (χ2n) is 5.29. The van der Waals surface area contributed by atoms with E-state index in [0.29, 0.717) is 11.1 Å². The van der Waals surface area contributed by atoms with E-state index < -0.39 is 17.7 Å². The minimum absolute atomic E-state index is 0.0129. The molecule has 1 fully saturated rings. The average molecular weight is 320 g/mol. The lowest BCUT2D eigenvalue weighted by atomic mass is 9.96. The van der Waals surface area contributed by atoms with Gasteiger partial charge in [-0.15, -0.1) is 0 Å². The number of ketones is 1. The highest BCUT2D eigenvalue weighted by atomic mass is 16.3. The molecule has 1 saturated heterocycles. The van der Waals surface area contributed by atoms with E-state index >= 15 is 0 Å². The predicted octanol–water partition coefficient (Wildman–Crippen LogP) is 1.45. The number of carbonyl (C=O) groups is 2. The zero-order valence-corrected chi connectivity index (χ0v) is 12.6. The molecule has 1 aliphatic rings. The van der Waals surface area contributed by atoms with Crippen LogP contribution in [0.5, 0.6) is 0 Å². The fourth-order valence-electron chi connectivity index (χ4n) is 2.79. The van der Waals surface area contributed by atoms with Gasteiger partial charge in [0, 0.05) is 17.2 Å². The maximum atomic E-state index is 12.5. The van der Waals surface area contributed by atoms with Crippen molar-refractivity contribution in [3.63, 3.8) is 0 Å². The normalized spacial score (nSPS) is 19.3. The summed E-state index contributed by atoms with van der Waals surface area (Å²) < 4.78 is 0. The second-order valence-corrected chi connectivity index (χ2v) is 5.29. The van der Waals surface area contributed by atoms with Gasteiger partial charge in [-0.25, -0.2) is 4.98 Å². The van der Waals surface area contributed by atoms with Crippen LogP contribution in [-0.4, -0.2) is 28.2 Å². The molecule has 1 unspecified atom stereocenters. The number of hydrogen-bond donors (Lipinski definition) is 1. The first-order valence-corrected chi connectivity index (χ1v) is 7.32. The molecule has 2 N–H and O–H groups in total. The average Bonchev–Trinajstić information content (AvgIpc) is 2.88. The van der Waals surface area contributed by atoms with Crippen molar-refractivity contribution in [2.24, 2.45) is 0 Å². The molecule has 1 atom stereocenters. The summed E-state index contributed by atoms with van der Waals surface area (Å²) >= 11 is 0. The highest BCUT2D eigenvalue weighted by molar-refractivity contribution is 6.46. The number of pyridine rings is 1. The molecule has 6 nitrogen and oxygen atoms in total. The van der Waals surface area contributed by atoms with Crippen molar-refractivity contribution in [2.75, 3.05) is 6.54 Å². The number of nitrogens with zero attached hydrogens (tertiary/aromatic N) is 2. The van der Waals surface area contributed by atoms with E-state index in [4.69, 9.17) is 5.26 Å². The minimum Gasteiger partial charge on any atom is -0.507 e. The molecule has 3 rings (SSSR count). The molecule has 0 radical (unpaired) electrons. The molecule has 118 valence electrons. The first kappa shape index (κ1) is 15.4. The molecular formula is C18H14N3O3+. The number of nitriles is 1. The zero-order valence-electron chi connectivity index (χ0n) is 12.6. The number of nitrogens with one attached hydrogen (secondary N) is 1. The van der Waals surface area contributed by atoms with Gasteiger partial charge in [-0.1, -0.05) is 30.3 Å². The van der Waals surface area contributed by atoms with E-state index in [1.54, 1.807) is 54.9 Å². The number of aliphatic hydroxyl groups is 1. The van der Waals surface area contributed by atoms with Crippen molar-refractivity contribution in [2.45, 2.75) is 6.04 Å². The Bertz CT molecular complexity index is 854. The molecule has 2 heterocycles. The van der Waals surface area contributed by atoms with Gasteiger partial charge in [0.1, 0.15) is 12.3 Å². The van der Waals surface area contributed by atoms with Gasteiger partial charge >= 0.3 is 0 Å². The van der Waals surface area contributed by atoms with Crippen LogP contribution in [0.3, 0.4) is 0 Å². The van der Waals surface area contributed by atoms with Gasteiger partial charge < -0.3 is 10.0 Å². The number of aliphatic hydroxyl groups excluding tert-OH is 1. The smallest absolute Gasteiger partial charge is 0.296 e. The molecule has 1 aliphatic heterocycles. The van der Waals surface area contributed by atoms with Crippen LogP contribution in [0, 0.1) is 11.3 Å². The fraction of sp³-hybridized carbons (Fsp3) is 0.111. The molecular weight excluding hydrogens is 306 g/mol. The summed E-state index contributed by atoms with van der Waals surface area (Å²) in [5.41, 5.74) is 1.04. The largest absolute Gasteiger partial charge is 0.507 e. The molecule has 0 saturated carbocycles. The number of carbonyl (C=O) groups excluding carboxylic acids is 2. The monoisotopic (exact) mass is 320 g/mol. The molecule has 0 bridgehead atoms. The Labute approximate surface area is 138 Å². The van der Waals surface area contributed by atoms with Gasteiger partial charge in [0.2, 0.25) is 0 Å². The number of hydrogen-bond acceptors (Lipinski definition) is 4. The van der Waals surface area contributed by atoms with Crippen LogP contribution in [0.25, 0.3) is 5.76 Å². The fourth-order valence-corrected chi connectivity index (χ4v) is 2.79. The van der Waals surface area contributed by atoms with Crippen molar-refractivity contribution in [3.05, 3.63) is 71.6 Å². The molecule has 2 aromatic rings. The topological polar surface area (TPSA) is 95.5 Å².